The third kappa shape index (κ3) is 1.31. The minimum absolute atomic E-state index is 0.00162. The number of aromatic nitrogens is 2. The Bertz CT molecular complexity index is 421. The lowest BCUT2D eigenvalue weighted by Gasteiger charge is -1.90. The van der Waals surface area contributed by atoms with Crippen LogP contribution in [0.2, 0.25) is 0 Å². The molecule has 2 heterocycles. The second-order valence-corrected chi connectivity index (χ2v) is 3.07. The van der Waals surface area contributed by atoms with Gasteiger partial charge in [0.15, 0.2) is 11.5 Å². The summed E-state index contributed by atoms with van der Waals surface area (Å²) in [4.78, 5) is 14.9. The summed E-state index contributed by atoms with van der Waals surface area (Å²) in [6, 6.07) is 1.60. The Morgan fingerprint density at radius 3 is 3.08 bits per heavy atom. The molecule has 0 atom stereocenters. The Kier molecular flexibility index (Phi) is 1.82. The normalized spacial score (nSPS) is 10.2. The third-order valence-electron chi connectivity index (χ3n) is 1.43. The summed E-state index contributed by atoms with van der Waals surface area (Å²) in [5, 5.41) is 12.2. The molecule has 0 fully saturated rings. The Hall–Kier alpha value is -1.69. The minimum Gasteiger partial charge on any atom is -0.476 e. The summed E-state index contributed by atoms with van der Waals surface area (Å²) in [7, 11) is 0. The molecular formula is C7H4N2O3S. The number of rotatable bonds is 2. The van der Waals surface area contributed by atoms with Crippen molar-refractivity contribution in [1.82, 2.24) is 10.1 Å². The molecule has 1 N–H and O–H groups in total. The molecule has 66 valence electrons. The minimum atomic E-state index is -1.06. The van der Waals surface area contributed by atoms with E-state index in [1.54, 1.807) is 6.07 Å². The highest BCUT2D eigenvalue weighted by molar-refractivity contribution is 7.13. The van der Waals surface area contributed by atoms with Gasteiger partial charge in [0.25, 0.3) is 0 Å². The van der Waals surface area contributed by atoms with Crippen molar-refractivity contribution < 1.29 is 14.4 Å². The SMILES string of the molecule is O=C(O)c1ncsc1-c1ccno1. The molecule has 0 amide bonds. The first kappa shape index (κ1) is 7.93. The van der Waals surface area contributed by atoms with Crippen LogP contribution in [0.3, 0.4) is 0 Å². The van der Waals surface area contributed by atoms with Crippen molar-refractivity contribution in [3.8, 4) is 10.6 Å². The predicted molar refractivity (Wildman–Crippen MR) is 44.6 cm³/mol. The van der Waals surface area contributed by atoms with Gasteiger partial charge in [-0.15, -0.1) is 11.3 Å². The molecule has 5 nitrogen and oxygen atoms in total. The van der Waals surface area contributed by atoms with Crippen LogP contribution in [-0.4, -0.2) is 21.2 Å². The maximum absolute atomic E-state index is 10.7. The zero-order chi connectivity index (χ0) is 9.26. The van der Waals surface area contributed by atoms with Crippen LogP contribution >= 0.6 is 11.3 Å². The van der Waals surface area contributed by atoms with Gasteiger partial charge in [-0.1, -0.05) is 5.16 Å². The number of carbonyl (C=O) groups is 1. The van der Waals surface area contributed by atoms with E-state index in [1.807, 2.05) is 0 Å². The fourth-order valence-corrected chi connectivity index (χ4v) is 1.64. The van der Waals surface area contributed by atoms with Gasteiger partial charge < -0.3 is 9.63 Å². The first-order valence-corrected chi connectivity index (χ1v) is 4.25. The molecule has 0 radical (unpaired) electrons. The molecule has 0 spiro atoms. The van der Waals surface area contributed by atoms with Gasteiger partial charge >= 0.3 is 5.97 Å². The molecule has 2 aromatic rings. The molecule has 6 heteroatoms. The van der Waals surface area contributed by atoms with E-state index >= 15 is 0 Å². The van der Waals surface area contributed by atoms with Crippen LogP contribution in [0.25, 0.3) is 10.6 Å². The second-order valence-electron chi connectivity index (χ2n) is 2.21. The average Bonchev–Trinajstić information content (AvgIpc) is 2.74. The van der Waals surface area contributed by atoms with Crippen molar-refractivity contribution in [2.24, 2.45) is 0 Å². The Balaban J connectivity index is 2.52. The van der Waals surface area contributed by atoms with Crippen molar-refractivity contribution in [3.05, 3.63) is 23.5 Å². The monoisotopic (exact) mass is 196 g/mol. The van der Waals surface area contributed by atoms with Gasteiger partial charge in [0.1, 0.15) is 4.88 Å². The molecule has 0 saturated heterocycles. The molecule has 0 aliphatic carbocycles. The van der Waals surface area contributed by atoms with Crippen molar-refractivity contribution in [2.75, 3.05) is 0 Å². The van der Waals surface area contributed by atoms with E-state index in [1.165, 1.54) is 23.0 Å². The average molecular weight is 196 g/mol. The fourth-order valence-electron chi connectivity index (χ4n) is 0.906. The highest BCUT2D eigenvalue weighted by Gasteiger charge is 2.17. The van der Waals surface area contributed by atoms with Gasteiger partial charge in [-0.25, -0.2) is 9.78 Å². The van der Waals surface area contributed by atoms with Crippen LogP contribution < -0.4 is 0 Å². The standard InChI is InChI=1S/C7H4N2O3S/c10-7(11)5-6(13-3-8-5)4-1-2-9-12-4/h1-3H,(H,10,11). The van der Waals surface area contributed by atoms with Crippen molar-refractivity contribution in [3.63, 3.8) is 0 Å². The van der Waals surface area contributed by atoms with Gasteiger partial charge in [-0.3, -0.25) is 0 Å². The van der Waals surface area contributed by atoms with Gasteiger partial charge in [0.2, 0.25) is 0 Å². The molecule has 13 heavy (non-hydrogen) atoms. The van der Waals surface area contributed by atoms with Gasteiger partial charge in [0, 0.05) is 6.07 Å². The van der Waals surface area contributed by atoms with Crippen molar-refractivity contribution in [1.29, 1.82) is 0 Å². The molecule has 0 aromatic carbocycles. The zero-order valence-corrected chi connectivity index (χ0v) is 7.11. The molecule has 0 bridgehead atoms. The molecule has 0 saturated carbocycles. The summed E-state index contributed by atoms with van der Waals surface area (Å²) in [5.41, 5.74) is 1.46. The van der Waals surface area contributed by atoms with E-state index in [2.05, 4.69) is 10.1 Å². The van der Waals surface area contributed by atoms with E-state index < -0.39 is 5.97 Å². The topological polar surface area (TPSA) is 76.2 Å². The Morgan fingerprint density at radius 2 is 2.46 bits per heavy atom. The number of hydrogen-bond acceptors (Lipinski definition) is 5. The van der Waals surface area contributed by atoms with Crippen LogP contribution in [0.1, 0.15) is 10.5 Å². The summed E-state index contributed by atoms with van der Waals surface area (Å²) in [6.45, 7) is 0. The van der Waals surface area contributed by atoms with E-state index in [9.17, 15) is 4.79 Å². The molecule has 2 aromatic heterocycles. The Morgan fingerprint density at radius 1 is 1.62 bits per heavy atom. The predicted octanol–water partition coefficient (Wildman–Crippen LogP) is 1.50. The highest BCUT2D eigenvalue weighted by Crippen LogP contribution is 2.26. The van der Waals surface area contributed by atoms with Crippen molar-refractivity contribution in [2.45, 2.75) is 0 Å². The molecule has 0 aliphatic rings. The third-order valence-corrected chi connectivity index (χ3v) is 2.27. The van der Waals surface area contributed by atoms with Crippen LogP contribution in [0.5, 0.6) is 0 Å². The second kappa shape index (κ2) is 2.98. The van der Waals surface area contributed by atoms with E-state index in [4.69, 9.17) is 9.63 Å². The van der Waals surface area contributed by atoms with Crippen LogP contribution in [0, 0.1) is 0 Å². The number of aromatic carboxylic acids is 1. The summed E-state index contributed by atoms with van der Waals surface area (Å²) in [6.07, 6.45) is 1.46. The van der Waals surface area contributed by atoms with E-state index in [-0.39, 0.29) is 5.69 Å². The van der Waals surface area contributed by atoms with Crippen molar-refractivity contribution >= 4 is 17.3 Å². The molecule has 2 rings (SSSR count). The van der Waals surface area contributed by atoms with Gasteiger partial charge in [0.05, 0.1) is 11.7 Å². The van der Waals surface area contributed by atoms with E-state index in [0.717, 1.165) is 0 Å². The van der Waals surface area contributed by atoms with Gasteiger partial charge in [-0.05, 0) is 0 Å². The molecular weight excluding hydrogens is 192 g/mol. The molecule has 0 unspecified atom stereocenters. The largest absolute Gasteiger partial charge is 0.476 e. The highest BCUT2D eigenvalue weighted by atomic mass is 32.1. The number of thiazole rings is 1. The molecule has 0 aliphatic heterocycles. The van der Waals surface area contributed by atoms with Crippen LogP contribution in [0.4, 0.5) is 0 Å². The zero-order valence-electron chi connectivity index (χ0n) is 6.30. The first-order valence-electron chi connectivity index (χ1n) is 3.37. The first-order chi connectivity index (χ1) is 6.29. The van der Waals surface area contributed by atoms with Crippen LogP contribution in [0.15, 0.2) is 22.3 Å². The number of nitrogens with zero attached hydrogens (tertiary/aromatic N) is 2. The van der Waals surface area contributed by atoms with Gasteiger partial charge in [-0.2, -0.15) is 0 Å². The lowest BCUT2D eigenvalue weighted by atomic mass is 10.3. The quantitative estimate of drug-likeness (QED) is 0.787. The lowest BCUT2D eigenvalue weighted by molar-refractivity contribution is 0.0692. The number of carboxylic acids is 1. The lowest BCUT2D eigenvalue weighted by Crippen LogP contribution is -1.97. The van der Waals surface area contributed by atoms with E-state index in [0.29, 0.717) is 10.6 Å². The fraction of sp³-hybridized carbons (Fsp3) is 0. The smallest absolute Gasteiger partial charge is 0.356 e. The number of hydrogen-bond donors (Lipinski definition) is 1. The summed E-state index contributed by atoms with van der Waals surface area (Å²) >= 11 is 1.21. The summed E-state index contributed by atoms with van der Waals surface area (Å²) in [5.74, 6) is -0.632. The van der Waals surface area contributed by atoms with Crippen LogP contribution in [-0.2, 0) is 0 Å². The number of carboxylic acid groups (broad SMARTS) is 1. The Labute approximate surface area is 76.6 Å². The summed E-state index contributed by atoms with van der Waals surface area (Å²) < 4.78 is 4.83. The maximum Gasteiger partial charge on any atom is 0.356 e. The maximum atomic E-state index is 10.7.